The number of carboxylic acid groups (broad SMARTS) is 1. The van der Waals surface area contributed by atoms with Crippen molar-refractivity contribution < 1.29 is 19.4 Å². The zero-order chi connectivity index (χ0) is 14.3. The van der Waals surface area contributed by atoms with Crippen LogP contribution in [0.5, 0.6) is 0 Å². The van der Waals surface area contributed by atoms with E-state index in [0.29, 0.717) is 13.0 Å². The zero-order valence-electron chi connectivity index (χ0n) is 12.0. The molecule has 0 spiro atoms. The summed E-state index contributed by atoms with van der Waals surface area (Å²) in [6.45, 7) is 2.99. The molecule has 0 fully saturated rings. The van der Waals surface area contributed by atoms with Gasteiger partial charge in [-0.25, -0.2) is 4.79 Å². The molecule has 0 aromatic rings. The minimum absolute atomic E-state index is 0.0328. The maximum Gasteiger partial charge on any atom is 0.407 e. The van der Waals surface area contributed by atoms with E-state index in [9.17, 15) is 9.59 Å². The third-order valence-electron chi connectivity index (χ3n) is 2.82. The van der Waals surface area contributed by atoms with E-state index in [1.807, 2.05) is 0 Å². The Balaban J connectivity index is 3.18. The van der Waals surface area contributed by atoms with Gasteiger partial charge in [0.15, 0.2) is 0 Å². The monoisotopic (exact) mass is 273 g/mol. The highest BCUT2D eigenvalue weighted by molar-refractivity contribution is 5.67. The molecule has 0 aliphatic heterocycles. The van der Waals surface area contributed by atoms with E-state index in [-0.39, 0.29) is 13.0 Å². The number of unbranched alkanes of at least 4 members (excludes halogenated alkanes) is 6. The Morgan fingerprint density at radius 2 is 1.63 bits per heavy atom. The van der Waals surface area contributed by atoms with Gasteiger partial charge >= 0.3 is 12.1 Å². The van der Waals surface area contributed by atoms with Gasteiger partial charge in [-0.15, -0.1) is 0 Å². The van der Waals surface area contributed by atoms with Gasteiger partial charge < -0.3 is 15.2 Å². The van der Waals surface area contributed by atoms with Gasteiger partial charge in [0.05, 0.1) is 6.61 Å². The molecular weight excluding hydrogens is 246 g/mol. The standard InChI is InChI=1S/C14H27NO4/c1-2-3-4-5-6-7-8-11-15-14(18)19-12-9-10-13(16)17/h2-12H2,1H3,(H,15,18)(H,16,17). The third kappa shape index (κ3) is 14.7. The van der Waals surface area contributed by atoms with Gasteiger partial charge in [-0.3, -0.25) is 4.79 Å². The fourth-order valence-corrected chi connectivity index (χ4v) is 1.71. The summed E-state index contributed by atoms with van der Waals surface area (Å²) in [5.74, 6) is -0.868. The van der Waals surface area contributed by atoms with Gasteiger partial charge in [-0.2, -0.15) is 0 Å². The second-order valence-corrected chi connectivity index (χ2v) is 4.68. The summed E-state index contributed by atoms with van der Waals surface area (Å²) in [6, 6.07) is 0. The molecule has 0 radical (unpaired) electrons. The quantitative estimate of drug-likeness (QED) is 0.535. The molecule has 5 heteroatoms. The van der Waals surface area contributed by atoms with Crippen molar-refractivity contribution in [2.45, 2.75) is 64.7 Å². The predicted octanol–water partition coefficient (Wildman–Crippen LogP) is 3.33. The lowest BCUT2D eigenvalue weighted by molar-refractivity contribution is -0.137. The topological polar surface area (TPSA) is 75.6 Å². The first-order valence-electron chi connectivity index (χ1n) is 7.29. The second kappa shape index (κ2) is 13.2. The smallest absolute Gasteiger partial charge is 0.407 e. The summed E-state index contributed by atoms with van der Waals surface area (Å²) >= 11 is 0. The minimum atomic E-state index is -0.868. The van der Waals surface area contributed by atoms with E-state index in [2.05, 4.69) is 12.2 Å². The Bertz CT molecular complexity index is 244. The molecule has 1 amide bonds. The van der Waals surface area contributed by atoms with E-state index in [4.69, 9.17) is 9.84 Å². The molecule has 0 aliphatic carbocycles. The summed E-state index contributed by atoms with van der Waals surface area (Å²) in [5.41, 5.74) is 0. The number of hydrogen-bond acceptors (Lipinski definition) is 3. The van der Waals surface area contributed by atoms with Crippen molar-refractivity contribution in [3.8, 4) is 0 Å². The number of carbonyl (C=O) groups excluding carboxylic acids is 1. The second-order valence-electron chi connectivity index (χ2n) is 4.68. The Morgan fingerprint density at radius 1 is 1.00 bits per heavy atom. The zero-order valence-corrected chi connectivity index (χ0v) is 12.0. The van der Waals surface area contributed by atoms with Gasteiger partial charge in [-0.1, -0.05) is 45.4 Å². The molecule has 0 atom stereocenters. The third-order valence-corrected chi connectivity index (χ3v) is 2.82. The Morgan fingerprint density at radius 3 is 2.26 bits per heavy atom. The normalized spacial score (nSPS) is 10.2. The van der Waals surface area contributed by atoms with Crippen molar-refractivity contribution in [3.05, 3.63) is 0 Å². The fourth-order valence-electron chi connectivity index (χ4n) is 1.71. The highest BCUT2D eigenvalue weighted by atomic mass is 16.5. The maximum atomic E-state index is 11.2. The van der Waals surface area contributed by atoms with Gasteiger partial charge in [0.25, 0.3) is 0 Å². The highest BCUT2D eigenvalue weighted by Gasteiger charge is 2.02. The van der Waals surface area contributed by atoms with Crippen molar-refractivity contribution in [3.63, 3.8) is 0 Å². The number of aliphatic carboxylic acids is 1. The number of ether oxygens (including phenoxy) is 1. The number of hydrogen-bond donors (Lipinski definition) is 2. The molecule has 19 heavy (non-hydrogen) atoms. The molecular formula is C14H27NO4. The van der Waals surface area contributed by atoms with Crippen LogP contribution in [0.15, 0.2) is 0 Å². The van der Waals surface area contributed by atoms with Crippen molar-refractivity contribution in [2.75, 3.05) is 13.2 Å². The first-order valence-corrected chi connectivity index (χ1v) is 7.29. The minimum Gasteiger partial charge on any atom is -0.481 e. The van der Waals surface area contributed by atoms with E-state index in [0.717, 1.165) is 12.8 Å². The molecule has 0 heterocycles. The number of carbonyl (C=O) groups is 2. The number of alkyl carbamates (subject to hydrolysis) is 1. The van der Waals surface area contributed by atoms with Gasteiger partial charge in [-0.05, 0) is 12.8 Å². The van der Waals surface area contributed by atoms with Crippen molar-refractivity contribution in [2.24, 2.45) is 0 Å². The molecule has 0 saturated carbocycles. The lowest BCUT2D eigenvalue weighted by Crippen LogP contribution is -2.25. The van der Waals surface area contributed by atoms with Crippen LogP contribution in [0.25, 0.3) is 0 Å². The van der Waals surface area contributed by atoms with Crippen molar-refractivity contribution in [1.82, 2.24) is 5.32 Å². The SMILES string of the molecule is CCCCCCCCCNC(=O)OCCCC(=O)O. The van der Waals surface area contributed by atoms with Crippen LogP contribution in [0.3, 0.4) is 0 Å². The van der Waals surface area contributed by atoms with Gasteiger partial charge in [0, 0.05) is 13.0 Å². The molecule has 2 N–H and O–H groups in total. The molecule has 0 aromatic carbocycles. The summed E-state index contributed by atoms with van der Waals surface area (Å²) in [5, 5.41) is 11.1. The first-order chi connectivity index (χ1) is 9.16. The summed E-state index contributed by atoms with van der Waals surface area (Å²) in [4.78, 5) is 21.4. The Hall–Kier alpha value is -1.26. The molecule has 0 saturated heterocycles. The molecule has 5 nitrogen and oxygen atoms in total. The number of nitrogens with one attached hydrogen (secondary N) is 1. The van der Waals surface area contributed by atoms with Gasteiger partial charge in [0.2, 0.25) is 0 Å². The fraction of sp³-hybridized carbons (Fsp3) is 0.857. The molecule has 0 aromatic heterocycles. The lowest BCUT2D eigenvalue weighted by atomic mass is 10.1. The predicted molar refractivity (Wildman–Crippen MR) is 74.2 cm³/mol. The molecule has 0 rings (SSSR count). The van der Waals surface area contributed by atoms with Crippen LogP contribution in [0.1, 0.15) is 64.7 Å². The van der Waals surface area contributed by atoms with Crippen molar-refractivity contribution in [1.29, 1.82) is 0 Å². The summed E-state index contributed by atoms with van der Waals surface area (Å²) in [7, 11) is 0. The molecule has 0 unspecified atom stereocenters. The van der Waals surface area contributed by atoms with Crippen LogP contribution < -0.4 is 5.32 Å². The maximum absolute atomic E-state index is 11.2. The van der Waals surface area contributed by atoms with Crippen LogP contribution in [-0.2, 0) is 9.53 Å². The van der Waals surface area contributed by atoms with Crippen LogP contribution >= 0.6 is 0 Å². The lowest BCUT2D eigenvalue weighted by Gasteiger charge is -2.06. The number of carboxylic acids is 1. The van der Waals surface area contributed by atoms with Crippen LogP contribution in [-0.4, -0.2) is 30.3 Å². The average molecular weight is 273 g/mol. The van der Waals surface area contributed by atoms with Gasteiger partial charge in [0.1, 0.15) is 0 Å². The number of rotatable bonds is 12. The summed E-state index contributed by atoms with van der Waals surface area (Å²) < 4.78 is 4.84. The molecule has 0 bridgehead atoms. The average Bonchev–Trinajstić information content (AvgIpc) is 2.37. The van der Waals surface area contributed by atoms with Crippen LogP contribution in [0, 0.1) is 0 Å². The van der Waals surface area contributed by atoms with E-state index >= 15 is 0 Å². The van der Waals surface area contributed by atoms with Crippen LogP contribution in [0.4, 0.5) is 4.79 Å². The molecule has 0 aliphatic rings. The first kappa shape index (κ1) is 17.7. The van der Waals surface area contributed by atoms with E-state index in [1.165, 1.54) is 32.1 Å². The summed E-state index contributed by atoms with van der Waals surface area (Å²) in [6.07, 6.45) is 8.40. The Labute approximate surface area is 115 Å². The Kier molecular flexibility index (Phi) is 12.3. The van der Waals surface area contributed by atoms with E-state index < -0.39 is 12.1 Å². The highest BCUT2D eigenvalue weighted by Crippen LogP contribution is 2.06. The van der Waals surface area contributed by atoms with E-state index in [1.54, 1.807) is 0 Å². The van der Waals surface area contributed by atoms with Crippen molar-refractivity contribution >= 4 is 12.1 Å². The van der Waals surface area contributed by atoms with Crippen LogP contribution in [0.2, 0.25) is 0 Å². The largest absolute Gasteiger partial charge is 0.481 e. The molecule has 112 valence electrons. The number of amides is 1.